The molecule has 0 fully saturated rings. The van der Waals surface area contributed by atoms with Crippen LogP contribution in [-0.2, 0) is 44.8 Å². The number of aromatic nitrogens is 5. The molecule has 0 spiro atoms. The number of hydrogen-bond acceptors (Lipinski definition) is 6. The number of halogens is 1. The number of thioether (sulfide) groups is 2. The Morgan fingerprint density at radius 3 is 2.59 bits per heavy atom. The smallest absolute Gasteiger partial charge is 0.268 e. The van der Waals surface area contributed by atoms with Gasteiger partial charge in [0.05, 0.1) is 34.2 Å². The van der Waals surface area contributed by atoms with E-state index in [0.717, 1.165) is 89.8 Å². The molecule has 1 aliphatic rings. The van der Waals surface area contributed by atoms with Crippen molar-refractivity contribution in [2.45, 2.75) is 61.8 Å². The van der Waals surface area contributed by atoms with Gasteiger partial charge >= 0.3 is 0 Å². The minimum Gasteiger partial charge on any atom is -0.493 e. The highest BCUT2D eigenvalue weighted by atomic mass is 35.5. The molecule has 254 valence electrons. The molecule has 6 aromatic rings. The number of amides is 1. The van der Waals surface area contributed by atoms with Crippen molar-refractivity contribution < 1.29 is 9.53 Å². The van der Waals surface area contributed by atoms with Crippen LogP contribution in [0.25, 0.3) is 32.8 Å². The van der Waals surface area contributed by atoms with Crippen LogP contribution in [0.3, 0.4) is 0 Å². The SMILES string of the molecule is Cc1nn(C)c2c1-c1c(Cl)ccc3c(c(C(=O)NC(C)C)n(C)c13)CCCOc1cc(cc3ccccc13)SCc1cc(nn1C)CSC2. The highest BCUT2D eigenvalue weighted by Crippen LogP contribution is 2.43. The van der Waals surface area contributed by atoms with Crippen molar-refractivity contribution in [2.75, 3.05) is 6.61 Å². The molecule has 1 N–H and O–H groups in total. The van der Waals surface area contributed by atoms with E-state index in [1.165, 1.54) is 5.69 Å². The molecule has 3 aromatic heterocycles. The second-order valence-electron chi connectivity index (χ2n) is 13.0. The molecule has 0 saturated heterocycles. The van der Waals surface area contributed by atoms with E-state index in [-0.39, 0.29) is 11.9 Å². The molecule has 7 rings (SSSR count). The topological polar surface area (TPSA) is 78.9 Å². The lowest BCUT2D eigenvalue weighted by atomic mass is 9.98. The summed E-state index contributed by atoms with van der Waals surface area (Å²) in [6, 6.07) is 19.0. The number of aryl methyl sites for hydroxylation is 5. The van der Waals surface area contributed by atoms with Gasteiger partial charge in [0.15, 0.2) is 0 Å². The van der Waals surface area contributed by atoms with E-state index >= 15 is 0 Å². The van der Waals surface area contributed by atoms with Crippen molar-refractivity contribution in [1.29, 1.82) is 0 Å². The minimum absolute atomic E-state index is 0.00518. The van der Waals surface area contributed by atoms with Gasteiger partial charge in [-0.3, -0.25) is 14.2 Å². The minimum atomic E-state index is -0.0923. The van der Waals surface area contributed by atoms with Gasteiger partial charge in [-0.2, -0.15) is 10.2 Å². The van der Waals surface area contributed by atoms with Crippen LogP contribution in [0.1, 0.15) is 59.1 Å². The zero-order chi connectivity index (χ0) is 34.4. The van der Waals surface area contributed by atoms with Crippen LogP contribution in [-0.4, -0.2) is 42.7 Å². The number of nitrogens with zero attached hydrogens (tertiary/aromatic N) is 5. The molecule has 0 radical (unpaired) electrons. The highest BCUT2D eigenvalue weighted by molar-refractivity contribution is 7.98. The molecule has 8 nitrogen and oxygen atoms in total. The number of benzene rings is 3. The molecule has 0 aliphatic carbocycles. The first-order chi connectivity index (χ1) is 23.6. The van der Waals surface area contributed by atoms with E-state index in [0.29, 0.717) is 23.7 Å². The predicted molar refractivity (Wildman–Crippen MR) is 203 cm³/mol. The summed E-state index contributed by atoms with van der Waals surface area (Å²) in [7, 11) is 5.99. The van der Waals surface area contributed by atoms with Gasteiger partial charge in [0, 0.05) is 76.9 Å². The fraction of sp³-hybridized carbons (Fsp3) is 0.342. The zero-order valence-corrected chi connectivity index (χ0v) is 31.2. The molecule has 11 heteroatoms. The molecular formula is C38H41ClN6O2S2. The monoisotopic (exact) mass is 712 g/mol. The molecule has 3 aromatic carbocycles. The number of ether oxygens (including phenoxy) is 1. The Bertz CT molecular complexity index is 2220. The summed E-state index contributed by atoms with van der Waals surface area (Å²) >= 11 is 10.7. The van der Waals surface area contributed by atoms with E-state index in [4.69, 9.17) is 26.5 Å². The lowest BCUT2D eigenvalue weighted by molar-refractivity contribution is 0.0934. The van der Waals surface area contributed by atoms with Gasteiger partial charge in [-0.1, -0.05) is 41.9 Å². The Morgan fingerprint density at radius 1 is 0.959 bits per heavy atom. The standard InChI is InChI=1S/C38H41ClN6O2S2/c1-22(2)40-38(46)37-29-12-9-15-47-33-18-27(16-24-10-7-8-11-28(24)33)49-20-26-17-25(42-44(26)5)19-48-21-32-34(23(3)41-45(32)6)35-31(39)14-13-30(29)36(35)43(37)4/h7-8,10-11,13-14,16-18,22H,9,12,15,19-21H2,1-6H3,(H,40,46). The maximum absolute atomic E-state index is 13.9. The van der Waals surface area contributed by atoms with Crippen LogP contribution in [0.5, 0.6) is 5.75 Å². The summed E-state index contributed by atoms with van der Waals surface area (Å²) in [6.07, 6.45) is 1.40. The summed E-state index contributed by atoms with van der Waals surface area (Å²) in [5.74, 6) is 3.08. The lowest BCUT2D eigenvalue weighted by Gasteiger charge is -2.14. The van der Waals surface area contributed by atoms with Crippen LogP contribution < -0.4 is 10.1 Å². The Labute approximate surface area is 300 Å². The van der Waals surface area contributed by atoms with Gasteiger partial charge < -0.3 is 14.6 Å². The lowest BCUT2D eigenvalue weighted by Crippen LogP contribution is -2.32. The molecule has 0 saturated carbocycles. The first-order valence-electron chi connectivity index (χ1n) is 16.6. The highest BCUT2D eigenvalue weighted by Gasteiger charge is 2.28. The summed E-state index contributed by atoms with van der Waals surface area (Å²) < 4.78 is 12.5. The van der Waals surface area contributed by atoms with E-state index in [1.54, 1.807) is 11.8 Å². The number of nitrogens with one attached hydrogen (secondary N) is 1. The molecule has 0 unspecified atom stereocenters. The van der Waals surface area contributed by atoms with E-state index in [2.05, 4.69) is 53.8 Å². The summed E-state index contributed by atoms with van der Waals surface area (Å²) in [6.45, 7) is 6.52. The number of carbonyl (C=O) groups is 1. The zero-order valence-electron chi connectivity index (χ0n) is 28.8. The first kappa shape index (κ1) is 33.6. The van der Waals surface area contributed by atoms with Gasteiger partial charge in [0.25, 0.3) is 5.91 Å². The van der Waals surface area contributed by atoms with Crippen LogP contribution in [0.4, 0.5) is 0 Å². The van der Waals surface area contributed by atoms with Crippen LogP contribution >= 0.6 is 35.1 Å². The first-order valence-corrected chi connectivity index (χ1v) is 19.1. The van der Waals surface area contributed by atoms with Crippen molar-refractivity contribution >= 4 is 62.7 Å². The Hall–Kier alpha value is -3.86. The van der Waals surface area contributed by atoms with Gasteiger partial charge in [-0.25, -0.2) is 0 Å². The van der Waals surface area contributed by atoms with Crippen LogP contribution in [0.15, 0.2) is 59.5 Å². The Balaban J connectivity index is 1.37. The quantitative estimate of drug-likeness (QED) is 0.194. The fourth-order valence-corrected chi connectivity index (χ4v) is 9.19. The van der Waals surface area contributed by atoms with Crippen molar-refractivity contribution in [3.8, 4) is 16.9 Å². The fourth-order valence-electron chi connectivity index (χ4n) is 6.98. The molecule has 1 amide bonds. The van der Waals surface area contributed by atoms with Gasteiger partial charge in [0.2, 0.25) is 0 Å². The van der Waals surface area contributed by atoms with Crippen molar-refractivity contribution in [1.82, 2.24) is 29.4 Å². The van der Waals surface area contributed by atoms with Crippen LogP contribution in [0.2, 0.25) is 5.02 Å². The third-order valence-electron chi connectivity index (χ3n) is 9.16. The molecule has 8 bridgehead atoms. The summed E-state index contributed by atoms with van der Waals surface area (Å²) in [5.41, 5.74) is 8.74. The van der Waals surface area contributed by atoms with Crippen molar-refractivity contribution in [2.24, 2.45) is 21.1 Å². The number of fused-ring (bicyclic) bond motifs is 8. The molecule has 0 atom stereocenters. The third-order valence-corrected chi connectivity index (χ3v) is 11.5. The predicted octanol–water partition coefficient (Wildman–Crippen LogP) is 8.62. The second-order valence-corrected chi connectivity index (χ2v) is 15.4. The van der Waals surface area contributed by atoms with Gasteiger partial charge in [-0.15, -0.1) is 23.5 Å². The summed E-state index contributed by atoms with van der Waals surface area (Å²) in [5, 5.41) is 16.8. The molecular weight excluding hydrogens is 672 g/mol. The largest absolute Gasteiger partial charge is 0.493 e. The average Bonchev–Trinajstić information content (AvgIpc) is 3.66. The van der Waals surface area contributed by atoms with E-state index < -0.39 is 0 Å². The van der Waals surface area contributed by atoms with Gasteiger partial charge in [-0.05, 0) is 68.8 Å². The normalized spacial score (nSPS) is 14.2. The van der Waals surface area contributed by atoms with Crippen molar-refractivity contribution in [3.63, 3.8) is 0 Å². The summed E-state index contributed by atoms with van der Waals surface area (Å²) in [4.78, 5) is 15.0. The van der Waals surface area contributed by atoms with E-state index in [9.17, 15) is 4.79 Å². The third kappa shape index (κ3) is 6.46. The van der Waals surface area contributed by atoms with Crippen molar-refractivity contribution in [3.05, 3.63) is 93.7 Å². The Kier molecular flexibility index (Phi) is 9.47. The van der Waals surface area contributed by atoms with E-state index in [1.807, 2.05) is 73.7 Å². The van der Waals surface area contributed by atoms with Crippen LogP contribution in [0, 0.1) is 6.92 Å². The second kappa shape index (κ2) is 13.8. The molecule has 4 heterocycles. The number of rotatable bonds is 2. The number of hydrogen-bond donors (Lipinski definition) is 1. The number of carbonyl (C=O) groups excluding carboxylic acids is 1. The maximum atomic E-state index is 13.9. The average molecular weight is 713 g/mol. The van der Waals surface area contributed by atoms with Gasteiger partial charge in [0.1, 0.15) is 11.4 Å². The maximum Gasteiger partial charge on any atom is 0.268 e. The Morgan fingerprint density at radius 2 is 1.78 bits per heavy atom. The molecule has 49 heavy (non-hydrogen) atoms. The molecule has 1 aliphatic heterocycles.